The Hall–Kier alpha value is -3.56. The lowest BCUT2D eigenvalue weighted by atomic mass is 10.0. The normalized spacial score (nSPS) is 13.3. The molecule has 1 aliphatic rings. The number of rotatable bonds is 32. The lowest BCUT2D eigenvalue weighted by Crippen LogP contribution is -2.26. The number of halogens is 2. The lowest BCUT2D eigenvalue weighted by Gasteiger charge is -2.12. The Morgan fingerprint density at radius 2 is 0.948 bits per heavy atom. The molecule has 1 aromatic carbocycles. The zero-order valence-corrected chi connectivity index (χ0v) is 36.0. The first kappa shape index (κ1) is 48.8. The average Bonchev–Trinajstić information content (AvgIpc) is 3.82. The van der Waals surface area contributed by atoms with Crippen LogP contribution >= 0.6 is 0 Å². The highest BCUT2D eigenvalue weighted by Gasteiger charge is 2.38. The molecule has 2 heterocycles. The molecule has 1 aliphatic heterocycles. The Bertz CT molecular complexity index is 1500. The summed E-state index contributed by atoms with van der Waals surface area (Å²) in [5.41, 5.74) is 0.630. The molecule has 10 heteroatoms. The van der Waals surface area contributed by atoms with E-state index in [9.17, 15) is 19.2 Å². The van der Waals surface area contributed by atoms with Crippen LogP contribution < -0.4 is 4.74 Å². The van der Waals surface area contributed by atoms with Gasteiger partial charge in [-0.2, -0.15) is 0 Å². The zero-order chi connectivity index (χ0) is 42.0. The van der Waals surface area contributed by atoms with E-state index in [1.165, 1.54) is 97.0 Å². The lowest BCUT2D eigenvalue weighted by molar-refractivity contribution is -0.145. The van der Waals surface area contributed by atoms with E-state index >= 15 is 8.78 Å². The molecule has 2 unspecified atom stereocenters. The average molecular weight is 814 g/mol. The van der Waals surface area contributed by atoms with Gasteiger partial charge >= 0.3 is 23.9 Å². The largest absolute Gasteiger partial charge is 0.497 e. The number of fused-ring (bicyclic) bond motifs is 1. The topological polar surface area (TPSA) is 101 Å². The molecular formula is C48H73F2NO7. The highest BCUT2D eigenvalue weighted by Crippen LogP contribution is 2.38. The summed E-state index contributed by atoms with van der Waals surface area (Å²) in [4.78, 5) is 53.3. The molecule has 0 fully saturated rings. The van der Waals surface area contributed by atoms with E-state index in [0.717, 1.165) is 51.4 Å². The van der Waals surface area contributed by atoms with Gasteiger partial charge in [0.1, 0.15) is 11.3 Å². The number of ether oxygens (including phenoxy) is 3. The minimum atomic E-state index is -2.02. The van der Waals surface area contributed by atoms with Gasteiger partial charge in [0, 0.05) is 12.2 Å². The van der Waals surface area contributed by atoms with Crippen molar-refractivity contribution < 1.29 is 42.2 Å². The van der Waals surface area contributed by atoms with Crippen LogP contribution in [0.1, 0.15) is 214 Å². The third-order valence-corrected chi connectivity index (χ3v) is 11.5. The van der Waals surface area contributed by atoms with E-state index in [0.29, 0.717) is 49.2 Å². The SMILES string of the molecule is CCCCCCCCCCCCCCC(F)C(=O)OC(=O)c1c(C(=O)OC(=O)C(F)CCCCCCCCCCCCCC)c(-c2ccc(OC)cc2)n2c1CCC2. The predicted octanol–water partition coefficient (Wildman–Crippen LogP) is 13.3. The number of carbonyl (C=O) groups excluding carboxylic acids is 4. The van der Waals surface area contributed by atoms with Gasteiger partial charge in [0.25, 0.3) is 0 Å². The van der Waals surface area contributed by atoms with Crippen LogP contribution in [0.5, 0.6) is 5.75 Å². The molecule has 0 spiro atoms. The Kier molecular flexibility index (Phi) is 24.2. The minimum Gasteiger partial charge on any atom is -0.497 e. The fourth-order valence-electron chi connectivity index (χ4n) is 8.02. The summed E-state index contributed by atoms with van der Waals surface area (Å²) >= 11 is 0. The number of alkyl halides is 2. The Labute approximate surface area is 347 Å². The number of methoxy groups -OCH3 is 1. The third-order valence-electron chi connectivity index (χ3n) is 11.5. The molecule has 3 rings (SSSR count). The first-order chi connectivity index (χ1) is 28.2. The van der Waals surface area contributed by atoms with Gasteiger partial charge in [-0.3, -0.25) is 0 Å². The zero-order valence-electron chi connectivity index (χ0n) is 36.0. The Morgan fingerprint density at radius 1 is 0.569 bits per heavy atom. The molecule has 8 nitrogen and oxygen atoms in total. The number of benzene rings is 1. The first-order valence-corrected chi connectivity index (χ1v) is 22.9. The van der Waals surface area contributed by atoms with Crippen molar-refractivity contribution in [3.8, 4) is 17.0 Å². The summed E-state index contributed by atoms with van der Waals surface area (Å²) in [5, 5.41) is 0. The summed E-state index contributed by atoms with van der Waals surface area (Å²) in [6, 6.07) is 6.75. The summed E-state index contributed by atoms with van der Waals surface area (Å²) in [7, 11) is 1.52. The molecule has 2 atom stereocenters. The number of hydrogen-bond acceptors (Lipinski definition) is 7. The standard InChI is InChI=1S/C48H73F2NO7/c1-4-6-8-10-12-14-16-18-20-22-24-26-29-39(49)45(52)57-47(54)42-41-31-28-36-51(41)44(37-32-34-38(56-3)35-33-37)43(42)48(55)58-46(53)40(50)30-27-25-23-21-19-17-15-13-11-9-7-5-2/h32-35,39-40H,4-31,36H2,1-3H3. The van der Waals surface area contributed by atoms with E-state index in [2.05, 4.69) is 13.8 Å². The Balaban J connectivity index is 1.57. The van der Waals surface area contributed by atoms with E-state index < -0.39 is 36.2 Å². The summed E-state index contributed by atoms with van der Waals surface area (Å²) in [6.45, 7) is 4.87. The second-order valence-corrected chi connectivity index (χ2v) is 16.2. The molecule has 0 aliphatic carbocycles. The van der Waals surface area contributed by atoms with Crippen LogP contribution in [0, 0.1) is 0 Å². The van der Waals surface area contributed by atoms with Crippen molar-refractivity contribution in [3.05, 3.63) is 41.1 Å². The third kappa shape index (κ3) is 17.0. The number of carbonyl (C=O) groups is 4. The van der Waals surface area contributed by atoms with Gasteiger partial charge in [-0.1, -0.05) is 155 Å². The van der Waals surface area contributed by atoms with Gasteiger partial charge in [-0.25, -0.2) is 28.0 Å². The molecule has 0 radical (unpaired) electrons. The van der Waals surface area contributed by atoms with Crippen LogP contribution in [0.2, 0.25) is 0 Å². The number of nitrogens with zero attached hydrogens (tertiary/aromatic N) is 1. The summed E-state index contributed by atoms with van der Waals surface area (Å²) < 4.78 is 47.4. The van der Waals surface area contributed by atoms with Crippen molar-refractivity contribution in [2.45, 2.75) is 213 Å². The molecular weight excluding hydrogens is 741 g/mol. The monoisotopic (exact) mass is 814 g/mol. The molecule has 58 heavy (non-hydrogen) atoms. The molecule has 0 N–H and O–H groups in total. The van der Waals surface area contributed by atoms with Gasteiger partial charge in [0.05, 0.1) is 18.4 Å². The van der Waals surface area contributed by atoms with Gasteiger partial charge in [-0.05, 0) is 68.4 Å². The highest BCUT2D eigenvalue weighted by molar-refractivity contribution is 6.13. The fourth-order valence-corrected chi connectivity index (χ4v) is 8.02. The van der Waals surface area contributed by atoms with E-state index in [4.69, 9.17) is 14.2 Å². The van der Waals surface area contributed by atoms with Crippen LogP contribution in [0.3, 0.4) is 0 Å². The van der Waals surface area contributed by atoms with Gasteiger partial charge in [-0.15, -0.1) is 0 Å². The van der Waals surface area contributed by atoms with Crippen LogP contribution in [0.4, 0.5) is 8.78 Å². The summed E-state index contributed by atoms with van der Waals surface area (Å²) in [6.07, 6.45) is 23.4. The van der Waals surface area contributed by atoms with E-state index in [1.54, 1.807) is 28.8 Å². The quantitative estimate of drug-likeness (QED) is 0.0412. The molecule has 0 bridgehead atoms. The van der Waals surface area contributed by atoms with Crippen molar-refractivity contribution >= 4 is 23.9 Å². The van der Waals surface area contributed by atoms with Crippen LogP contribution in [-0.2, 0) is 32.0 Å². The molecule has 326 valence electrons. The fraction of sp³-hybridized carbons (Fsp3) is 0.708. The van der Waals surface area contributed by atoms with E-state index in [-0.39, 0.29) is 29.7 Å². The van der Waals surface area contributed by atoms with Crippen molar-refractivity contribution in [1.82, 2.24) is 4.57 Å². The maximum Gasteiger partial charge on any atom is 0.348 e. The Morgan fingerprint density at radius 3 is 1.34 bits per heavy atom. The van der Waals surface area contributed by atoms with Gasteiger partial charge < -0.3 is 18.8 Å². The number of hydrogen-bond donors (Lipinski definition) is 0. The van der Waals surface area contributed by atoms with E-state index in [1.807, 2.05) is 0 Å². The molecule has 2 aromatic rings. The minimum absolute atomic E-state index is 0.0744. The number of aromatic nitrogens is 1. The molecule has 0 saturated heterocycles. The molecule has 0 amide bonds. The predicted molar refractivity (Wildman–Crippen MR) is 227 cm³/mol. The van der Waals surface area contributed by atoms with Gasteiger partial charge in [0.2, 0.25) is 0 Å². The maximum absolute atomic E-state index is 15.1. The first-order valence-electron chi connectivity index (χ1n) is 22.9. The van der Waals surface area contributed by atoms with Crippen LogP contribution in [0.15, 0.2) is 24.3 Å². The van der Waals surface area contributed by atoms with Crippen molar-refractivity contribution in [2.24, 2.45) is 0 Å². The number of unbranched alkanes of at least 4 members (excludes halogenated alkanes) is 22. The van der Waals surface area contributed by atoms with Crippen LogP contribution in [-0.4, -0.2) is 47.9 Å². The van der Waals surface area contributed by atoms with Gasteiger partial charge in [0.15, 0.2) is 12.3 Å². The van der Waals surface area contributed by atoms with Crippen molar-refractivity contribution in [2.75, 3.05) is 7.11 Å². The maximum atomic E-state index is 15.1. The number of esters is 4. The van der Waals surface area contributed by atoms with Crippen molar-refractivity contribution in [3.63, 3.8) is 0 Å². The second-order valence-electron chi connectivity index (χ2n) is 16.2. The summed E-state index contributed by atoms with van der Waals surface area (Å²) in [5.74, 6) is -4.51. The van der Waals surface area contributed by atoms with Crippen LogP contribution in [0.25, 0.3) is 11.3 Å². The molecule has 1 aromatic heterocycles. The second kappa shape index (κ2) is 28.8. The molecule has 0 saturated carbocycles. The van der Waals surface area contributed by atoms with Crippen molar-refractivity contribution in [1.29, 1.82) is 0 Å². The smallest absolute Gasteiger partial charge is 0.348 e. The highest BCUT2D eigenvalue weighted by atomic mass is 19.1.